The Morgan fingerprint density at radius 3 is 2.75 bits per heavy atom. The van der Waals surface area contributed by atoms with E-state index in [1.54, 1.807) is 0 Å². The maximum atomic E-state index is 6.01. The Morgan fingerprint density at radius 2 is 2.05 bits per heavy atom. The molecule has 2 atom stereocenters. The Labute approximate surface area is 122 Å². The second-order valence-electron chi connectivity index (χ2n) is 6.04. The molecule has 2 unspecified atom stereocenters. The van der Waals surface area contributed by atoms with Crippen molar-refractivity contribution in [2.45, 2.75) is 37.8 Å². The molecule has 0 aliphatic carbocycles. The fourth-order valence-electron chi connectivity index (χ4n) is 3.66. The molecule has 20 heavy (non-hydrogen) atoms. The van der Waals surface area contributed by atoms with E-state index in [-0.39, 0.29) is 6.04 Å². The van der Waals surface area contributed by atoms with Crippen molar-refractivity contribution >= 4 is 0 Å². The van der Waals surface area contributed by atoms with E-state index in [4.69, 9.17) is 5.73 Å². The number of rotatable bonds is 4. The smallest absolute Gasteiger partial charge is 0.0645 e. The van der Waals surface area contributed by atoms with E-state index >= 15 is 0 Å². The molecule has 0 saturated carbocycles. The number of nitrogens with two attached hydrogens (primary N) is 1. The van der Waals surface area contributed by atoms with Crippen LogP contribution in [0, 0.1) is 0 Å². The summed E-state index contributed by atoms with van der Waals surface area (Å²) in [6.45, 7) is 5.53. The Morgan fingerprint density at radius 1 is 1.20 bits per heavy atom. The lowest BCUT2D eigenvalue weighted by molar-refractivity contribution is 0.152. The maximum Gasteiger partial charge on any atom is 0.0645 e. The predicted octanol–water partition coefficient (Wildman–Crippen LogP) is 1.64. The first-order valence-electron chi connectivity index (χ1n) is 7.97. The number of hydrogen-bond acceptors (Lipinski definition) is 4. The predicted molar refractivity (Wildman–Crippen MR) is 81.4 cm³/mol. The summed E-state index contributed by atoms with van der Waals surface area (Å²) in [7, 11) is 0. The van der Waals surface area contributed by atoms with Gasteiger partial charge in [0.15, 0.2) is 0 Å². The molecule has 4 heteroatoms. The average molecular weight is 274 g/mol. The molecule has 2 N–H and O–H groups in total. The molecule has 2 fully saturated rings. The molecular weight excluding hydrogens is 248 g/mol. The van der Waals surface area contributed by atoms with Crippen molar-refractivity contribution in [3.05, 3.63) is 30.1 Å². The zero-order chi connectivity index (χ0) is 13.8. The van der Waals surface area contributed by atoms with Crippen LogP contribution in [-0.2, 0) is 0 Å². The molecule has 2 aliphatic heterocycles. The second-order valence-corrected chi connectivity index (χ2v) is 6.04. The van der Waals surface area contributed by atoms with Gasteiger partial charge in [-0.2, -0.15) is 0 Å². The number of likely N-dealkylation sites (tertiary alicyclic amines) is 2. The molecule has 2 saturated heterocycles. The minimum Gasteiger partial charge on any atom is -0.329 e. The molecule has 0 amide bonds. The van der Waals surface area contributed by atoms with Gasteiger partial charge in [0.1, 0.15) is 0 Å². The lowest BCUT2D eigenvalue weighted by Crippen LogP contribution is -2.42. The second kappa shape index (κ2) is 6.66. The molecule has 0 bridgehead atoms. The van der Waals surface area contributed by atoms with Crippen LogP contribution in [0.3, 0.4) is 0 Å². The zero-order valence-corrected chi connectivity index (χ0v) is 12.2. The van der Waals surface area contributed by atoms with Crippen molar-refractivity contribution in [3.63, 3.8) is 0 Å². The van der Waals surface area contributed by atoms with Gasteiger partial charge in [0, 0.05) is 31.9 Å². The molecule has 0 radical (unpaired) electrons. The summed E-state index contributed by atoms with van der Waals surface area (Å²) in [5.74, 6) is 0. The maximum absolute atomic E-state index is 6.01. The highest BCUT2D eigenvalue weighted by molar-refractivity contribution is 5.10. The summed E-state index contributed by atoms with van der Waals surface area (Å²) in [6.07, 6.45) is 7.31. The first-order chi connectivity index (χ1) is 9.88. The topological polar surface area (TPSA) is 45.4 Å². The Kier molecular flexibility index (Phi) is 4.65. The fraction of sp³-hybridized carbons (Fsp3) is 0.688. The summed E-state index contributed by atoms with van der Waals surface area (Å²) in [5, 5.41) is 0. The molecule has 4 nitrogen and oxygen atoms in total. The van der Waals surface area contributed by atoms with Gasteiger partial charge in [0.2, 0.25) is 0 Å². The molecule has 110 valence electrons. The van der Waals surface area contributed by atoms with Crippen LogP contribution in [0.1, 0.15) is 37.4 Å². The van der Waals surface area contributed by atoms with Crippen LogP contribution in [0.4, 0.5) is 0 Å². The van der Waals surface area contributed by atoms with Crippen LogP contribution in [0.2, 0.25) is 0 Å². The van der Waals surface area contributed by atoms with Crippen LogP contribution in [0.15, 0.2) is 24.4 Å². The molecule has 3 heterocycles. The molecule has 3 rings (SSSR count). The van der Waals surface area contributed by atoms with E-state index in [1.807, 2.05) is 12.3 Å². The third kappa shape index (κ3) is 3.03. The quantitative estimate of drug-likeness (QED) is 0.906. The zero-order valence-electron chi connectivity index (χ0n) is 12.2. The van der Waals surface area contributed by atoms with Crippen molar-refractivity contribution in [2.75, 3.05) is 32.7 Å². The molecule has 0 spiro atoms. The van der Waals surface area contributed by atoms with E-state index in [2.05, 4.69) is 26.9 Å². The summed E-state index contributed by atoms with van der Waals surface area (Å²) < 4.78 is 0. The van der Waals surface area contributed by atoms with E-state index in [1.165, 1.54) is 38.8 Å². The molecule has 2 aliphatic rings. The Hall–Kier alpha value is -0.970. The highest BCUT2D eigenvalue weighted by Gasteiger charge is 2.32. The third-order valence-electron chi connectivity index (χ3n) is 4.80. The van der Waals surface area contributed by atoms with Crippen LogP contribution < -0.4 is 5.73 Å². The number of hydrogen-bond donors (Lipinski definition) is 1. The Bertz CT molecular complexity index is 402. The van der Waals surface area contributed by atoms with Gasteiger partial charge in [-0.15, -0.1) is 0 Å². The van der Waals surface area contributed by atoms with Gasteiger partial charge in [-0.25, -0.2) is 0 Å². The first-order valence-corrected chi connectivity index (χ1v) is 7.97. The summed E-state index contributed by atoms with van der Waals surface area (Å²) >= 11 is 0. The van der Waals surface area contributed by atoms with E-state index in [0.717, 1.165) is 24.8 Å². The highest BCUT2D eigenvalue weighted by atomic mass is 15.3. The number of nitrogens with zero attached hydrogens (tertiary/aromatic N) is 3. The molecule has 1 aromatic rings. The van der Waals surface area contributed by atoms with Gasteiger partial charge in [0.25, 0.3) is 0 Å². The minimum absolute atomic E-state index is 0.283. The summed E-state index contributed by atoms with van der Waals surface area (Å²) in [4.78, 5) is 9.72. The number of aromatic nitrogens is 1. The van der Waals surface area contributed by atoms with Crippen molar-refractivity contribution in [1.82, 2.24) is 14.8 Å². The number of pyridine rings is 1. The standard InChI is InChI=1S/C16H26N4/c17-12-16(15-6-2-3-8-18-15)20-11-7-14(13-20)19-9-4-1-5-10-19/h2-3,6,8,14,16H,1,4-5,7,9-13,17H2. The van der Waals surface area contributed by atoms with Gasteiger partial charge in [-0.1, -0.05) is 12.5 Å². The molecule has 1 aromatic heterocycles. The van der Waals surface area contributed by atoms with E-state index in [0.29, 0.717) is 6.54 Å². The lowest BCUT2D eigenvalue weighted by Gasteiger charge is -2.33. The van der Waals surface area contributed by atoms with Crippen molar-refractivity contribution in [3.8, 4) is 0 Å². The van der Waals surface area contributed by atoms with Gasteiger partial charge >= 0.3 is 0 Å². The van der Waals surface area contributed by atoms with Crippen molar-refractivity contribution < 1.29 is 0 Å². The van der Waals surface area contributed by atoms with Gasteiger partial charge < -0.3 is 5.73 Å². The van der Waals surface area contributed by atoms with E-state index in [9.17, 15) is 0 Å². The van der Waals surface area contributed by atoms with Crippen LogP contribution in [-0.4, -0.2) is 53.5 Å². The largest absolute Gasteiger partial charge is 0.329 e. The van der Waals surface area contributed by atoms with Gasteiger partial charge in [0.05, 0.1) is 11.7 Å². The Balaban J connectivity index is 1.63. The average Bonchev–Trinajstić information content (AvgIpc) is 3.00. The highest BCUT2D eigenvalue weighted by Crippen LogP contribution is 2.26. The third-order valence-corrected chi connectivity index (χ3v) is 4.80. The lowest BCUT2D eigenvalue weighted by atomic mass is 10.1. The van der Waals surface area contributed by atoms with Crippen molar-refractivity contribution in [1.29, 1.82) is 0 Å². The minimum atomic E-state index is 0.283. The normalized spacial score (nSPS) is 26.8. The van der Waals surface area contributed by atoms with Crippen LogP contribution in [0.5, 0.6) is 0 Å². The van der Waals surface area contributed by atoms with Crippen LogP contribution >= 0.6 is 0 Å². The SMILES string of the molecule is NCC(c1ccccn1)N1CCC(N2CCCCC2)C1. The van der Waals surface area contributed by atoms with Crippen LogP contribution in [0.25, 0.3) is 0 Å². The van der Waals surface area contributed by atoms with Crippen molar-refractivity contribution in [2.24, 2.45) is 5.73 Å². The van der Waals surface area contributed by atoms with E-state index < -0.39 is 0 Å². The first kappa shape index (κ1) is 14.0. The summed E-state index contributed by atoms with van der Waals surface area (Å²) in [6, 6.07) is 7.14. The van der Waals surface area contributed by atoms with Gasteiger partial charge in [-0.05, 0) is 44.5 Å². The monoisotopic (exact) mass is 274 g/mol. The fourth-order valence-corrected chi connectivity index (χ4v) is 3.66. The number of piperidine rings is 1. The molecule has 0 aromatic carbocycles. The summed E-state index contributed by atoms with van der Waals surface area (Å²) in [5.41, 5.74) is 7.13. The van der Waals surface area contributed by atoms with Gasteiger partial charge in [-0.3, -0.25) is 14.8 Å². The molecular formula is C16H26N4.